The molecule has 1 N–H and O–H groups in total. The first kappa shape index (κ1) is 15.0. The lowest BCUT2D eigenvalue weighted by molar-refractivity contribution is 0.139. The summed E-state index contributed by atoms with van der Waals surface area (Å²) in [4.78, 5) is 2.68. The van der Waals surface area contributed by atoms with Crippen molar-refractivity contribution in [3.8, 4) is 0 Å². The third kappa shape index (κ3) is 7.05. The van der Waals surface area contributed by atoms with Gasteiger partial charge in [0.2, 0.25) is 0 Å². The summed E-state index contributed by atoms with van der Waals surface area (Å²) in [5.41, 5.74) is 0. The fourth-order valence-electron chi connectivity index (χ4n) is 3.04. The van der Waals surface area contributed by atoms with E-state index >= 15 is 0 Å². The van der Waals surface area contributed by atoms with Gasteiger partial charge in [-0.1, -0.05) is 27.2 Å². The highest BCUT2D eigenvalue weighted by Crippen LogP contribution is 2.21. The highest BCUT2D eigenvalue weighted by atomic mass is 15.1. The Kier molecular flexibility index (Phi) is 7.87. The molecule has 0 amide bonds. The van der Waals surface area contributed by atoms with Crippen LogP contribution in [0.4, 0.5) is 0 Å². The average molecular weight is 240 g/mol. The molecule has 0 aliphatic carbocycles. The number of rotatable bonds is 8. The molecule has 0 radical (unpaired) electrons. The lowest BCUT2D eigenvalue weighted by Crippen LogP contribution is -2.39. The van der Waals surface area contributed by atoms with Crippen LogP contribution in [0.1, 0.15) is 52.9 Å². The standard InChI is InChI=1S/C15H32N2/c1-4-8-16-9-6-5-7-10-17-12-14(2)11-15(3)13-17/h14-16H,4-13H2,1-3H3. The minimum atomic E-state index is 0.907. The molecule has 0 aromatic carbocycles. The van der Waals surface area contributed by atoms with E-state index in [1.807, 2.05) is 0 Å². The number of nitrogens with zero attached hydrogens (tertiary/aromatic N) is 1. The van der Waals surface area contributed by atoms with E-state index < -0.39 is 0 Å². The molecule has 1 saturated heterocycles. The minimum Gasteiger partial charge on any atom is -0.317 e. The van der Waals surface area contributed by atoms with Crippen LogP contribution in [0.2, 0.25) is 0 Å². The van der Waals surface area contributed by atoms with Crippen LogP contribution >= 0.6 is 0 Å². The number of unbranched alkanes of at least 4 members (excludes halogenated alkanes) is 2. The predicted octanol–water partition coefficient (Wildman–Crippen LogP) is 3.13. The van der Waals surface area contributed by atoms with Crippen LogP contribution in [0.25, 0.3) is 0 Å². The molecule has 17 heavy (non-hydrogen) atoms. The maximum absolute atomic E-state index is 3.47. The van der Waals surface area contributed by atoms with Crippen LogP contribution in [0.5, 0.6) is 0 Å². The molecule has 1 rings (SSSR count). The van der Waals surface area contributed by atoms with Gasteiger partial charge in [-0.05, 0) is 57.2 Å². The molecule has 0 bridgehead atoms. The number of hydrogen-bond donors (Lipinski definition) is 1. The molecule has 2 heteroatoms. The predicted molar refractivity (Wildman–Crippen MR) is 76.4 cm³/mol. The Hall–Kier alpha value is -0.0800. The van der Waals surface area contributed by atoms with Crippen LogP contribution in [-0.2, 0) is 0 Å². The van der Waals surface area contributed by atoms with Gasteiger partial charge >= 0.3 is 0 Å². The van der Waals surface area contributed by atoms with Crippen LogP contribution in [-0.4, -0.2) is 37.6 Å². The van der Waals surface area contributed by atoms with Gasteiger partial charge in [0, 0.05) is 13.1 Å². The van der Waals surface area contributed by atoms with Gasteiger partial charge in [0.05, 0.1) is 0 Å². The van der Waals surface area contributed by atoms with Gasteiger partial charge in [-0.15, -0.1) is 0 Å². The number of piperidine rings is 1. The molecule has 0 aromatic rings. The highest BCUT2D eigenvalue weighted by Gasteiger charge is 2.20. The molecule has 1 fully saturated rings. The largest absolute Gasteiger partial charge is 0.317 e. The zero-order valence-corrected chi connectivity index (χ0v) is 12.2. The first-order chi connectivity index (χ1) is 8.22. The maximum Gasteiger partial charge on any atom is 0.000724 e. The number of hydrogen-bond acceptors (Lipinski definition) is 2. The summed E-state index contributed by atoms with van der Waals surface area (Å²) < 4.78 is 0. The van der Waals surface area contributed by atoms with Crippen molar-refractivity contribution in [1.82, 2.24) is 10.2 Å². The number of nitrogens with one attached hydrogen (secondary N) is 1. The smallest absolute Gasteiger partial charge is 0.000724 e. The summed E-state index contributed by atoms with van der Waals surface area (Å²) in [5, 5.41) is 3.47. The monoisotopic (exact) mass is 240 g/mol. The molecule has 0 saturated carbocycles. The molecule has 0 aromatic heterocycles. The van der Waals surface area contributed by atoms with E-state index in [-0.39, 0.29) is 0 Å². The molecule has 102 valence electrons. The zero-order valence-electron chi connectivity index (χ0n) is 12.2. The van der Waals surface area contributed by atoms with Crippen molar-refractivity contribution in [2.45, 2.75) is 52.9 Å². The second kappa shape index (κ2) is 8.93. The molecule has 0 spiro atoms. The van der Waals surface area contributed by atoms with E-state index in [4.69, 9.17) is 0 Å². The third-order valence-electron chi connectivity index (χ3n) is 3.70. The van der Waals surface area contributed by atoms with Crippen LogP contribution in [0.15, 0.2) is 0 Å². The Balaban J connectivity index is 1.95. The van der Waals surface area contributed by atoms with E-state index in [9.17, 15) is 0 Å². The Morgan fingerprint density at radius 1 is 1.00 bits per heavy atom. The molecule has 1 heterocycles. The second-order valence-electron chi connectivity index (χ2n) is 6.02. The fraction of sp³-hybridized carbons (Fsp3) is 1.00. The van der Waals surface area contributed by atoms with Gasteiger partial charge in [-0.25, -0.2) is 0 Å². The molecule has 2 unspecified atom stereocenters. The first-order valence-corrected chi connectivity index (χ1v) is 7.65. The zero-order chi connectivity index (χ0) is 12.5. The van der Waals surface area contributed by atoms with Crippen molar-refractivity contribution in [1.29, 1.82) is 0 Å². The number of likely N-dealkylation sites (tertiary alicyclic amines) is 1. The molecular formula is C15H32N2. The fourth-order valence-corrected chi connectivity index (χ4v) is 3.04. The van der Waals surface area contributed by atoms with Crippen molar-refractivity contribution in [2.24, 2.45) is 11.8 Å². The summed E-state index contributed by atoms with van der Waals surface area (Å²) in [7, 11) is 0. The van der Waals surface area contributed by atoms with Crippen LogP contribution < -0.4 is 5.32 Å². The van der Waals surface area contributed by atoms with Gasteiger partial charge in [-0.2, -0.15) is 0 Å². The summed E-state index contributed by atoms with van der Waals surface area (Å²) in [6.45, 7) is 13.4. The van der Waals surface area contributed by atoms with Crippen molar-refractivity contribution in [3.63, 3.8) is 0 Å². The highest BCUT2D eigenvalue weighted by molar-refractivity contribution is 4.74. The van der Waals surface area contributed by atoms with Crippen LogP contribution in [0.3, 0.4) is 0 Å². The molecular weight excluding hydrogens is 208 g/mol. The van der Waals surface area contributed by atoms with E-state index in [0.29, 0.717) is 0 Å². The maximum atomic E-state index is 3.47. The van der Waals surface area contributed by atoms with Gasteiger partial charge in [-0.3, -0.25) is 0 Å². The molecule has 1 aliphatic heterocycles. The van der Waals surface area contributed by atoms with Gasteiger partial charge in [0.1, 0.15) is 0 Å². The molecule has 2 atom stereocenters. The van der Waals surface area contributed by atoms with Crippen molar-refractivity contribution >= 4 is 0 Å². The van der Waals surface area contributed by atoms with E-state index in [2.05, 4.69) is 31.0 Å². The van der Waals surface area contributed by atoms with Crippen molar-refractivity contribution in [3.05, 3.63) is 0 Å². The van der Waals surface area contributed by atoms with Crippen LogP contribution in [0, 0.1) is 11.8 Å². The lowest BCUT2D eigenvalue weighted by atomic mass is 9.92. The van der Waals surface area contributed by atoms with E-state index in [1.165, 1.54) is 64.8 Å². The summed E-state index contributed by atoms with van der Waals surface area (Å²) in [6, 6.07) is 0. The average Bonchev–Trinajstić information content (AvgIpc) is 2.26. The van der Waals surface area contributed by atoms with Gasteiger partial charge in [0.15, 0.2) is 0 Å². The molecule has 1 aliphatic rings. The Morgan fingerprint density at radius 3 is 2.35 bits per heavy atom. The Labute approximate surface area is 108 Å². The Bertz CT molecular complexity index is 172. The topological polar surface area (TPSA) is 15.3 Å². The van der Waals surface area contributed by atoms with Gasteiger partial charge in [0.25, 0.3) is 0 Å². The quantitative estimate of drug-likeness (QED) is 0.656. The summed E-state index contributed by atoms with van der Waals surface area (Å²) in [6.07, 6.45) is 6.79. The second-order valence-corrected chi connectivity index (χ2v) is 6.02. The van der Waals surface area contributed by atoms with Gasteiger partial charge < -0.3 is 10.2 Å². The third-order valence-corrected chi connectivity index (χ3v) is 3.70. The first-order valence-electron chi connectivity index (χ1n) is 7.65. The lowest BCUT2D eigenvalue weighted by Gasteiger charge is -2.34. The van der Waals surface area contributed by atoms with E-state index in [1.54, 1.807) is 0 Å². The van der Waals surface area contributed by atoms with Crippen molar-refractivity contribution in [2.75, 3.05) is 32.7 Å². The molecule has 2 nitrogen and oxygen atoms in total. The SMILES string of the molecule is CCCNCCCCCN1CC(C)CC(C)C1. The summed E-state index contributed by atoms with van der Waals surface area (Å²) in [5.74, 6) is 1.81. The normalized spacial score (nSPS) is 26.3. The van der Waals surface area contributed by atoms with Crippen molar-refractivity contribution < 1.29 is 0 Å². The summed E-state index contributed by atoms with van der Waals surface area (Å²) >= 11 is 0. The van der Waals surface area contributed by atoms with E-state index in [0.717, 1.165) is 11.8 Å². The Morgan fingerprint density at radius 2 is 1.71 bits per heavy atom. The minimum absolute atomic E-state index is 0.907.